The quantitative estimate of drug-likeness (QED) is 0.890. The van der Waals surface area contributed by atoms with Crippen LogP contribution >= 0.6 is 11.6 Å². The fraction of sp³-hybridized carbons (Fsp3) is 0.294. The van der Waals surface area contributed by atoms with Crippen LogP contribution in [0.2, 0.25) is 5.02 Å². The summed E-state index contributed by atoms with van der Waals surface area (Å²) in [4.78, 5) is 0. The van der Waals surface area contributed by atoms with Gasteiger partial charge in [0.25, 0.3) is 0 Å². The van der Waals surface area contributed by atoms with Crippen LogP contribution in [0, 0.1) is 12.7 Å². The predicted molar refractivity (Wildman–Crippen MR) is 82.1 cm³/mol. The molecule has 2 aromatic rings. The third-order valence-corrected chi connectivity index (χ3v) is 4.05. The third-order valence-electron chi connectivity index (χ3n) is 3.81. The van der Waals surface area contributed by atoms with Crippen molar-refractivity contribution in [1.29, 1.82) is 0 Å². The Kier molecular flexibility index (Phi) is 4.99. The highest BCUT2D eigenvalue weighted by molar-refractivity contribution is 6.30. The standard InChI is InChI=1S/C17H18ClFO2/c1-12-2-5-14(6-3-12)17(10-20,11-21)9-13-4-7-15(18)8-16(13)19/h2-8,20-21H,9-11H2,1H3. The molecule has 0 spiro atoms. The molecule has 0 heterocycles. The van der Waals surface area contributed by atoms with E-state index < -0.39 is 11.2 Å². The Hall–Kier alpha value is -1.42. The van der Waals surface area contributed by atoms with Crippen molar-refractivity contribution in [3.63, 3.8) is 0 Å². The number of halogens is 2. The van der Waals surface area contributed by atoms with Gasteiger partial charge in [0, 0.05) is 10.4 Å². The maximum atomic E-state index is 14.0. The second kappa shape index (κ2) is 6.56. The normalized spacial score (nSPS) is 11.7. The summed E-state index contributed by atoms with van der Waals surface area (Å²) in [5, 5.41) is 19.9. The van der Waals surface area contributed by atoms with Crippen molar-refractivity contribution in [1.82, 2.24) is 0 Å². The second-order valence-electron chi connectivity index (χ2n) is 5.38. The fourth-order valence-corrected chi connectivity index (χ4v) is 2.54. The van der Waals surface area contributed by atoms with Gasteiger partial charge in [-0.2, -0.15) is 0 Å². The van der Waals surface area contributed by atoms with Crippen LogP contribution in [0.4, 0.5) is 4.39 Å². The molecule has 0 atom stereocenters. The van der Waals surface area contributed by atoms with Gasteiger partial charge < -0.3 is 10.2 Å². The smallest absolute Gasteiger partial charge is 0.127 e. The van der Waals surface area contributed by atoms with Crippen molar-refractivity contribution in [3.05, 3.63) is 70.0 Å². The van der Waals surface area contributed by atoms with E-state index in [2.05, 4.69) is 0 Å². The highest BCUT2D eigenvalue weighted by atomic mass is 35.5. The minimum atomic E-state index is -0.914. The zero-order chi connectivity index (χ0) is 15.5. The van der Waals surface area contributed by atoms with E-state index in [0.717, 1.165) is 11.1 Å². The predicted octanol–water partition coefficient (Wildman–Crippen LogP) is 3.25. The summed E-state index contributed by atoms with van der Waals surface area (Å²) in [6.45, 7) is 1.42. The van der Waals surface area contributed by atoms with Gasteiger partial charge in [0.05, 0.1) is 13.2 Å². The van der Waals surface area contributed by atoms with Crippen molar-refractivity contribution in [2.75, 3.05) is 13.2 Å². The number of benzene rings is 2. The van der Waals surface area contributed by atoms with Gasteiger partial charge in [-0.25, -0.2) is 4.39 Å². The molecule has 0 saturated heterocycles. The molecule has 0 bridgehead atoms. The lowest BCUT2D eigenvalue weighted by molar-refractivity contribution is 0.115. The Morgan fingerprint density at radius 1 is 1.05 bits per heavy atom. The van der Waals surface area contributed by atoms with Crippen molar-refractivity contribution in [2.45, 2.75) is 18.8 Å². The van der Waals surface area contributed by atoms with E-state index in [4.69, 9.17) is 11.6 Å². The van der Waals surface area contributed by atoms with E-state index in [9.17, 15) is 14.6 Å². The highest BCUT2D eigenvalue weighted by Gasteiger charge is 2.32. The lowest BCUT2D eigenvalue weighted by Gasteiger charge is -2.31. The Bertz CT molecular complexity index is 607. The van der Waals surface area contributed by atoms with Crippen molar-refractivity contribution in [2.24, 2.45) is 0 Å². The van der Waals surface area contributed by atoms with Crippen LogP contribution < -0.4 is 0 Å². The average Bonchev–Trinajstić information content (AvgIpc) is 2.48. The number of hydrogen-bond donors (Lipinski definition) is 2. The minimum absolute atomic E-state index is 0.200. The Labute approximate surface area is 128 Å². The number of aliphatic hydroxyl groups excluding tert-OH is 2. The monoisotopic (exact) mass is 308 g/mol. The van der Waals surface area contributed by atoms with Crippen LogP contribution in [-0.4, -0.2) is 23.4 Å². The van der Waals surface area contributed by atoms with Gasteiger partial charge in [-0.3, -0.25) is 0 Å². The minimum Gasteiger partial charge on any atom is -0.395 e. The number of aryl methyl sites for hydroxylation is 1. The fourth-order valence-electron chi connectivity index (χ4n) is 2.38. The van der Waals surface area contributed by atoms with Gasteiger partial charge in [0.1, 0.15) is 5.82 Å². The molecule has 0 unspecified atom stereocenters. The molecule has 21 heavy (non-hydrogen) atoms. The lowest BCUT2D eigenvalue weighted by atomic mass is 9.76. The van der Waals surface area contributed by atoms with E-state index in [1.807, 2.05) is 31.2 Å². The Morgan fingerprint density at radius 2 is 1.67 bits per heavy atom. The third kappa shape index (κ3) is 3.43. The summed E-state index contributed by atoms with van der Waals surface area (Å²) in [6, 6.07) is 12.0. The topological polar surface area (TPSA) is 40.5 Å². The lowest BCUT2D eigenvalue weighted by Crippen LogP contribution is -2.37. The van der Waals surface area contributed by atoms with Crippen LogP contribution in [0.25, 0.3) is 0 Å². The zero-order valence-electron chi connectivity index (χ0n) is 11.8. The van der Waals surface area contributed by atoms with Gasteiger partial charge in [0.2, 0.25) is 0 Å². The molecule has 2 nitrogen and oxygen atoms in total. The average molecular weight is 309 g/mol. The molecule has 0 aliphatic carbocycles. The molecule has 0 aromatic heterocycles. The van der Waals surface area contributed by atoms with E-state index in [1.165, 1.54) is 6.07 Å². The molecule has 0 aliphatic rings. The molecular weight excluding hydrogens is 291 g/mol. The molecule has 112 valence electrons. The second-order valence-corrected chi connectivity index (χ2v) is 5.81. The summed E-state index contributed by atoms with van der Waals surface area (Å²) in [6.07, 6.45) is 0.200. The largest absolute Gasteiger partial charge is 0.395 e. The van der Waals surface area contributed by atoms with Crippen molar-refractivity contribution in [3.8, 4) is 0 Å². The number of rotatable bonds is 5. The molecule has 4 heteroatoms. The molecule has 2 rings (SSSR count). The van der Waals surface area contributed by atoms with Crippen LogP contribution in [0.15, 0.2) is 42.5 Å². The molecule has 0 amide bonds. The van der Waals surface area contributed by atoms with Gasteiger partial charge in [-0.1, -0.05) is 47.5 Å². The van der Waals surface area contributed by atoms with Crippen molar-refractivity contribution >= 4 is 11.6 Å². The SMILES string of the molecule is Cc1ccc(C(CO)(CO)Cc2ccc(Cl)cc2F)cc1. The summed E-state index contributed by atoms with van der Waals surface area (Å²) >= 11 is 5.75. The first kappa shape index (κ1) is 16.0. The van der Waals surface area contributed by atoms with Gasteiger partial charge in [0.15, 0.2) is 0 Å². The van der Waals surface area contributed by atoms with Gasteiger partial charge in [-0.15, -0.1) is 0 Å². The maximum absolute atomic E-state index is 14.0. The van der Waals surface area contributed by atoms with Crippen LogP contribution in [0.1, 0.15) is 16.7 Å². The number of aliphatic hydroxyl groups is 2. The Balaban J connectivity index is 2.40. The summed E-state index contributed by atoms with van der Waals surface area (Å²) in [7, 11) is 0. The van der Waals surface area contributed by atoms with Crippen LogP contribution in [0.3, 0.4) is 0 Å². The number of hydrogen-bond acceptors (Lipinski definition) is 2. The highest BCUT2D eigenvalue weighted by Crippen LogP contribution is 2.30. The van der Waals surface area contributed by atoms with E-state index in [1.54, 1.807) is 12.1 Å². The molecule has 0 aliphatic heterocycles. The first-order valence-corrected chi connectivity index (χ1v) is 7.11. The van der Waals surface area contributed by atoms with Crippen LogP contribution in [0.5, 0.6) is 0 Å². The summed E-state index contributed by atoms with van der Waals surface area (Å²) < 4.78 is 14.0. The molecule has 2 N–H and O–H groups in total. The Morgan fingerprint density at radius 3 is 2.19 bits per heavy atom. The first-order valence-electron chi connectivity index (χ1n) is 6.73. The molecule has 0 saturated carbocycles. The molecule has 2 aromatic carbocycles. The van der Waals surface area contributed by atoms with Crippen LogP contribution in [-0.2, 0) is 11.8 Å². The maximum Gasteiger partial charge on any atom is 0.127 e. The molecule has 0 radical (unpaired) electrons. The van der Waals surface area contributed by atoms with E-state index in [-0.39, 0.29) is 19.6 Å². The zero-order valence-corrected chi connectivity index (χ0v) is 12.6. The summed E-state index contributed by atoms with van der Waals surface area (Å²) in [5.41, 5.74) is 1.37. The van der Waals surface area contributed by atoms with E-state index in [0.29, 0.717) is 10.6 Å². The summed E-state index contributed by atoms with van der Waals surface area (Å²) in [5.74, 6) is -0.430. The van der Waals surface area contributed by atoms with Gasteiger partial charge in [-0.05, 0) is 36.6 Å². The molecule has 0 fully saturated rings. The van der Waals surface area contributed by atoms with Gasteiger partial charge >= 0.3 is 0 Å². The molecular formula is C17H18ClFO2. The van der Waals surface area contributed by atoms with E-state index >= 15 is 0 Å². The first-order chi connectivity index (χ1) is 10.0. The van der Waals surface area contributed by atoms with Crippen molar-refractivity contribution < 1.29 is 14.6 Å².